The van der Waals surface area contributed by atoms with Crippen molar-refractivity contribution in [2.24, 2.45) is 0 Å². The summed E-state index contributed by atoms with van der Waals surface area (Å²) in [5.41, 5.74) is 2.15. The number of nitrogens with one attached hydrogen (secondary N) is 1. The SMILES string of the molecule is CCc1cc2cc3c(cc2nc1NC)OCCCO3. The van der Waals surface area contributed by atoms with Gasteiger partial charge in [-0.15, -0.1) is 0 Å². The number of fused-ring (bicyclic) bond motifs is 2. The molecule has 19 heavy (non-hydrogen) atoms. The lowest BCUT2D eigenvalue weighted by molar-refractivity contribution is 0.297. The molecule has 3 rings (SSSR count). The zero-order chi connectivity index (χ0) is 13.2. The Labute approximate surface area is 112 Å². The van der Waals surface area contributed by atoms with Crippen LogP contribution in [-0.2, 0) is 6.42 Å². The summed E-state index contributed by atoms with van der Waals surface area (Å²) in [6.07, 6.45) is 1.87. The average molecular weight is 258 g/mol. The molecule has 0 atom stereocenters. The van der Waals surface area contributed by atoms with Crippen LogP contribution in [0, 0.1) is 0 Å². The van der Waals surface area contributed by atoms with Crippen molar-refractivity contribution in [3.05, 3.63) is 23.8 Å². The maximum atomic E-state index is 5.72. The molecular weight excluding hydrogens is 240 g/mol. The van der Waals surface area contributed by atoms with E-state index >= 15 is 0 Å². The van der Waals surface area contributed by atoms with E-state index in [1.165, 1.54) is 5.56 Å². The van der Waals surface area contributed by atoms with Gasteiger partial charge in [0, 0.05) is 24.9 Å². The van der Waals surface area contributed by atoms with Gasteiger partial charge in [-0.25, -0.2) is 4.98 Å². The van der Waals surface area contributed by atoms with Crippen molar-refractivity contribution in [1.82, 2.24) is 4.98 Å². The second kappa shape index (κ2) is 4.96. The van der Waals surface area contributed by atoms with E-state index in [4.69, 9.17) is 9.47 Å². The average Bonchev–Trinajstić information content (AvgIpc) is 2.68. The molecule has 1 aliphatic rings. The highest BCUT2D eigenvalue weighted by Gasteiger charge is 2.13. The molecule has 0 amide bonds. The Hall–Kier alpha value is -1.97. The number of hydrogen-bond donors (Lipinski definition) is 1. The molecule has 0 spiro atoms. The molecule has 0 fully saturated rings. The molecule has 0 saturated heterocycles. The molecule has 1 aromatic carbocycles. The van der Waals surface area contributed by atoms with Gasteiger partial charge >= 0.3 is 0 Å². The number of rotatable bonds is 2. The largest absolute Gasteiger partial charge is 0.490 e. The molecule has 4 nitrogen and oxygen atoms in total. The predicted octanol–water partition coefficient (Wildman–Crippen LogP) is 3.00. The van der Waals surface area contributed by atoms with E-state index in [1.807, 2.05) is 19.2 Å². The van der Waals surface area contributed by atoms with Gasteiger partial charge < -0.3 is 14.8 Å². The molecule has 0 saturated carbocycles. The molecule has 0 bridgehead atoms. The number of benzene rings is 1. The maximum absolute atomic E-state index is 5.72. The van der Waals surface area contributed by atoms with E-state index in [0.29, 0.717) is 13.2 Å². The van der Waals surface area contributed by atoms with Crippen LogP contribution < -0.4 is 14.8 Å². The van der Waals surface area contributed by atoms with E-state index in [-0.39, 0.29) is 0 Å². The first-order valence-electron chi connectivity index (χ1n) is 6.73. The van der Waals surface area contributed by atoms with E-state index in [9.17, 15) is 0 Å². The molecule has 0 aliphatic carbocycles. The fraction of sp³-hybridized carbons (Fsp3) is 0.400. The van der Waals surface area contributed by atoms with Gasteiger partial charge in [-0.1, -0.05) is 6.92 Å². The van der Waals surface area contributed by atoms with Gasteiger partial charge in [0.15, 0.2) is 11.5 Å². The van der Waals surface area contributed by atoms with E-state index in [0.717, 1.165) is 41.1 Å². The third-order valence-corrected chi connectivity index (χ3v) is 3.38. The van der Waals surface area contributed by atoms with Gasteiger partial charge in [-0.3, -0.25) is 0 Å². The number of aromatic nitrogens is 1. The zero-order valence-corrected chi connectivity index (χ0v) is 11.3. The quantitative estimate of drug-likeness (QED) is 0.899. The number of aryl methyl sites for hydroxylation is 1. The Bertz CT molecular complexity index is 558. The third kappa shape index (κ3) is 2.18. The smallest absolute Gasteiger partial charge is 0.163 e. The minimum absolute atomic E-state index is 0.699. The second-order valence-electron chi connectivity index (χ2n) is 4.64. The fourth-order valence-corrected chi connectivity index (χ4v) is 2.36. The molecule has 2 aromatic rings. The van der Waals surface area contributed by atoms with Crippen molar-refractivity contribution < 1.29 is 9.47 Å². The number of hydrogen-bond acceptors (Lipinski definition) is 4. The first kappa shape index (κ1) is 12.1. The Morgan fingerprint density at radius 3 is 2.58 bits per heavy atom. The summed E-state index contributed by atoms with van der Waals surface area (Å²) in [5.74, 6) is 2.55. The van der Waals surface area contributed by atoms with Gasteiger partial charge in [0.2, 0.25) is 0 Å². The predicted molar refractivity (Wildman–Crippen MR) is 76.3 cm³/mol. The van der Waals surface area contributed by atoms with Crippen molar-refractivity contribution in [2.75, 3.05) is 25.6 Å². The van der Waals surface area contributed by atoms with Crippen molar-refractivity contribution in [1.29, 1.82) is 0 Å². The summed E-state index contributed by atoms with van der Waals surface area (Å²) < 4.78 is 11.4. The summed E-state index contributed by atoms with van der Waals surface area (Å²) in [4.78, 5) is 4.66. The fourth-order valence-electron chi connectivity index (χ4n) is 2.36. The van der Waals surface area contributed by atoms with Crippen LogP contribution in [0.3, 0.4) is 0 Å². The number of pyridine rings is 1. The lowest BCUT2D eigenvalue weighted by atomic mass is 10.1. The highest BCUT2D eigenvalue weighted by Crippen LogP contribution is 2.34. The lowest BCUT2D eigenvalue weighted by Crippen LogP contribution is -1.99. The summed E-state index contributed by atoms with van der Waals surface area (Å²) >= 11 is 0. The molecule has 0 unspecified atom stereocenters. The van der Waals surface area contributed by atoms with Gasteiger partial charge in [0.1, 0.15) is 5.82 Å². The normalized spacial score (nSPS) is 14.2. The highest BCUT2D eigenvalue weighted by molar-refractivity contribution is 5.85. The van der Waals surface area contributed by atoms with E-state index in [1.54, 1.807) is 0 Å². The molecular formula is C15H18N2O2. The van der Waals surface area contributed by atoms with Crippen LogP contribution in [0.2, 0.25) is 0 Å². The van der Waals surface area contributed by atoms with Crippen LogP contribution in [0.5, 0.6) is 11.5 Å². The van der Waals surface area contributed by atoms with Crippen LogP contribution in [0.25, 0.3) is 10.9 Å². The number of ether oxygens (including phenoxy) is 2. The summed E-state index contributed by atoms with van der Waals surface area (Å²) in [6, 6.07) is 6.17. The molecule has 4 heteroatoms. The standard InChI is InChI=1S/C15H18N2O2/c1-3-10-7-11-8-13-14(19-6-4-5-18-13)9-12(11)17-15(10)16-2/h7-9H,3-6H2,1-2H3,(H,16,17). The van der Waals surface area contributed by atoms with Gasteiger partial charge in [0.05, 0.1) is 18.7 Å². The summed E-state index contributed by atoms with van der Waals surface area (Å²) in [6.45, 7) is 3.54. The zero-order valence-electron chi connectivity index (χ0n) is 11.3. The monoisotopic (exact) mass is 258 g/mol. The van der Waals surface area contributed by atoms with Gasteiger partial charge in [-0.05, 0) is 24.1 Å². The van der Waals surface area contributed by atoms with Gasteiger partial charge in [0.25, 0.3) is 0 Å². The minimum atomic E-state index is 0.699. The first-order valence-corrected chi connectivity index (χ1v) is 6.73. The maximum Gasteiger partial charge on any atom is 0.163 e. The Balaban J connectivity index is 2.17. The van der Waals surface area contributed by atoms with Crippen molar-refractivity contribution in [3.63, 3.8) is 0 Å². The van der Waals surface area contributed by atoms with Crippen LogP contribution in [0.15, 0.2) is 18.2 Å². The van der Waals surface area contributed by atoms with Gasteiger partial charge in [-0.2, -0.15) is 0 Å². The first-order chi connectivity index (χ1) is 9.31. The third-order valence-electron chi connectivity index (χ3n) is 3.38. The van der Waals surface area contributed by atoms with E-state index < -0.39 is 0 Å². The highest BCUT2D eigenvalue weighted by atomic mass is 16.5. The summed E-state index contributed by atoms with van der Waals surface area (Å²) in [7, 11) is 1.90. The van der Waals surface area contributed by atoms with E-state index in [2.05, 4.69) is 23.3 Å². The molecule has 1 N–H and O–H groups in total. The van der Waals surface area contributed by atoms with Crippen molar-refractivity contribution in [2.45, 2.75) is 19.8 Å². The minimum Gasteiger partial charge on any atom is -0.490 e. The molecule has 1 aromatic heterocycles. The molecule has 0 radical (unpaired) electrons. The Morgan fingerprint density at radius 2 is 1.89 bits per heavy atom. The molecule has 1 aliphatic heterocycles. The Morgan fingerprint density at radius 1 is 1.16 bits per heavy atom. The van der Waals surface area contributed by atoms with Crippen LogP contribution >= 0.6 is 0 Å². The molecule has 100 valence electrons. The lowest BCUT2D eigenvalue weighted by Gasteiger charge is -2.12. The van der Waals surface area contributed by atoms with Crippen LogP contribution in [0.1, 0.15) is 18.9 Å². The second-order valence-corrected chi connectivity index (χ2v) is 4.64. The molecule has 2 heterocycles. The van der Waals surface area contributed by atoms with Crippen LogP contribution in [-0.4, -0.2) is 25.2 Å². The number of nitrogens with zero attached hydrogens (tertiary/aromatic N) is 1. The topological polar surface area (TPSA) is 43.4 Å². The van der Waals surface area contributed by atoms with Crippen LogP contribution in [0.4, 0.5) is 5.82 Å². The van der Waals surface area contributed by atoms with Crippen molar-refractivity contribution in [3.8, 4) is 11.5 Å². The number of anilines is 1. The summed E-state index contributed by atoms with van der Waals surface area (Å²) in [5, 5.41) is 4.25. The Kier molecular flexibility index (Phi) is 3.15. The van der Waals surface area contributed by atoms with Crippen molar-refractivity contribution >= 4 is 16.7 Å².